The first kappa shape index (κ1) is 17.1. The van der Waals surface area contributed by atoms with Gasteiger partial charge in [0.2, 0.25) is 10.0 Å². The molecule has 3 rings (SSSR count). The van der Waals surface area contributed by atoms with Gasteiger partial charge in [0.1, 0.15) is 0 Å². The van der Waals surface area contributed by atoms with Crippen LogP contribution in [0.4, 0.5) is 5.69 Å². The molecule has 0 spiro atoms. The van der Waals surface area contributed by atoms with Gasteiger partial charge in [0.05, 0.1) is 17.4 Å². The maximum atomic E-state index is 12.1. The molecule has 0 bridgehead atoms. The van der Waals surface area contributed by atoms with Gasteiger partial charge < -0.3 is 10.0 Å². The zero-order valence-electron chi connectivity index (χ0n) is 14.2. The van der Waals surface area contributed by atoms with E-state index >= 15 is 0 Å². The molecule has 7 heteroatoms. The molecule has 1 aliphatic rings. The van der Waals surface area contributed by atoms with Crippen LogP contribution >= 0.6 is 0 Å². The zero-order chi connectivity index (χ0) is 17.5. The van der Waals surface area contributed by atoms with Crippen LogP contribution in [0.15, 0.2) is 30.3 Å². The summed E-state index contributed by atoms with van der Waals surface area (Å²) in [5.74, 6) is -0.343. The number of pyridine rings is 1. The van der Waals surface area contributed by atoms with E-state index in [0.717, 1.165) is 22.3 Å². The number of aromatic nitrogens is 1. The molecule has 2 atom stereocenters. The van der Waals surface area contributed by atoms with Crippen molar-refractivity contribution in [3.05, 3.63) is 36.0 Å². The van der Waals surface area contributed by atoms with Gasteiger partial charge in [0.25, 0.3) is 0 Å². The highest BCUT2D eigenvalue weighted by atomic mass is 32.2. The number of rotatable bonds is 4. The SMILES string of the molecule is Cc1cc(N2C[C@@H](CS(=O)(=O)N(C)C)[C@@H](O)C2)c2ccccc2n1. The van der Waals surface area contributed by atoms with Gasteiger partial charge >= 0.3 is 0 Å². The van der Waals surface area contributed by atoms with Gasteiger partial charge in [-0.1, -0.05) is 18.2 Å². The maximum absolute atomic E-state index is 12.1. The number of hydrogen-bond donors (Lipinski definition) is 1. The van der Waals surface area contributed by atoms with Crippen molar-refractivity contribution in [1.82, 2.24) is 9.29 Å². The number of aliphatic hydroxyl groups is 1. The lowest BCUT2D eigenvalue weighted by Gasteiger charge is -2.21. The van der Waals surface area contributed by atoms with Gasteiger partial charge in [-0.2, -0.15) is 0 Å². The van der Waals surface area contributed by atoms with Crippen molar-refractivity contribution in [1.29, 1.82) is 0 Å². The first-order chi connectivity index (χ1) is 11.3. The van der Waals surface area contributed by atoms with E-state index < -0.39 is 16.1 Å². The van der Waals surface area contributed by atoms with Gasteiger partial charge in [-0.25, -0.2) is 12.7 Å². The van der Waals surface area contributed by atoms with Gasteiger partial charge in [-0.3, -0.25) is 4.98 Å². The molecule has 1 aromatic heterocycles. The summed E-state index contributed by atoms with van der Waals surface area (Å²) in [5, 5.41) is 11.4. The fourth-order valence-electron chi connectivity index (χ4n) is 3.18. The second-order valence-corrected chi connectivity index (χ2v) is 8.82. The van der Waals surface area contributed by atoms with Crippen LogP contribution < -0.4 is 4.90 Å². The van der Waals surface area contributed by atoms with E-state index in [1.54, 1.807) is 0 Å². The Balaban J connectivity index is 1.90. The van der Waals surface area contributed by atoms with Crippen molar-refractivity contribution in [2.75, 3.05) is 37.8 Å². The minimum atomic E-state index is -3.34. The van der Waals surface area contributed by atoms with Crippen molar-refractivity contribution in [3.8, 4) is 0 Å². The van der Waals surface area contributed by atoms with Crippen LogP contribution in [-0.4, -0.2) is 61.9 Å². The van der Waals surface area contributed by atoms with Gasteiger partial charge in [-0.05, 0) is 19.1 Å². The second kappa shape index (κ2) is 6.31. The second-order valence-electron chi connectivity index (χ2n) is 6.59. The molecule has 1 N–H and O–H groups in total. The summed E-state index contributed by atoms with van der Waals surface area (Å²) in [6.45, 7) is 2.89. The number of fused-ring (bicyclic) bond motifs is 1. The number of benzene rings is 1. The summed E-state index contributed by atoms with van der Waals surface area (Å²) in [4.78, 5) is 6.60. The fraction of sp³-hybridized carbons (Fsp3) is 0.471. The minimum absolute atomic E-state index is 0.0420. The molecule has 130 valence electrons. The lowest BCUT2D eigenvalue weighted by Crippen LogP contribution is -2.33. The van der Waals surface area contributed by atoms with Crippen molar-refractivity contribution in [2.45, 2.75) is 13.0 Å². The van der Waals surface area contributed by atoms with Crippen LogP contribution in [0.1, 0.15) is 5.69 Å². The number of aliphatic hydroxyl groups excluding tert-OH is 1. The predicted octanol–water partition coefficient (Wildman–Crippen LogP) is 1.23. The van der Waals surface area contributed by atoms with Crippen LogP contribution in [0, 0.1) is 12.8 Å². The summed E-state index contributed by atoms with van der Waals surface area (Å²) in [6, 6.07) is 9.88. The molecule has 2 aromatic rings. The van der Waals surface area contributed by atoms with Crippen molar-refractivity contribution < 1.29 is 13.5 Å². The Bertz CT molecular complexity index is 851. The summed E-state index contributed by atoms with van der Waals surface area (Å²) >= 11 is 0. The van der Waals surface area contributed by atoms with Crippen LogP contribution in [0.3, 0.4) is 0 Å². The number of β-amino-alcohol motifs (C(OH)–C–C–N with tert-alkyl or cyclic N) is 1. The number of anilines is 1. The molecule has 1 aromatic carbocycles. The van der Waals surface area contributed by atoms with Gasteiger partial charge in [0.15, 0.2) is 0 Å². The Labute approximate surface area is 142 Å². The summed E-state index contributed by atoms with van der Waals surface area (Å²) in [6.07, 6.45) is -0.660. The first-order valence-corrected chi connectivity index (χ1v) is 9.58. The first-order valence-electron chi connectivity index (χ1n) is 7.97. The van der Waals surface area contributed by atoms with E-state index in [1.165, 1.54) is 18.4 Å². The molecule has 24 heavy (non-hydrogen) atoms. The Morgan fingerprint density at radius 2 is 2.00 bits per heavy atom. The van der Waals surface area contributed by atoms with E-state index in [-0.39, 0.29) is 11.7 Å². The fourth-order valence-corrected chi connectivity index (χ4v) is 4.35. The minimum Gasteiger partial charge on any atom is -0.391 e. The molecule has 0 amide bonds. The quantitative estimate of drug-likeness (QED) is 0.899. The molecule has 1 fully saturated rings. The molecule has 0 unspecified atom stereocenters. The van der Waals surface area contributed by atoms with Crippen molar-refractivity contribution in [3.63, 3.8) is 0 Å². The molecule has 1 saturated heterocycles. The van der Waals surface area contributed by atoms with Crippen molar-refractivity contribution >= 4 is 26.6 Å². The standard InChI is InChI=1S/C17H23N3O3S/c1-12-8-16(14-6-4-5-7-15(14)18-12)20-9-13(17(21)10-20)11-24(22,23)19(2)3/h4-8,13,17,21H,9-11H2,1-3H3/t13-,17-/m0/s1. The molecule has 0 radical (unpaired) electrons. The molecule has 0 aliphatic carbocycles. The number of para-hydroxylation sites is 1. The van der Waals surface area contributed by atoms with E-state index in [0.29, 0.717) is 13.1 Å². The van der Waals surface area contributed by atoms with Crippen LogP contribution in [0.2, 0.25) is 0 Å². The largest absolute Gasteiger partial charge is 0.391 e. The van der Waals surface area contributed by atoms with E-state index in [1.807, 2.05) is 37.3 Å². The summed E-state index contributed by atoms with van der Waals surface area (Å²) in [5.41, 5.74) is 2.82. The maximum Gasteiger partial charge on any atom is 0.214 e. The van der Waals surface area contributed by atoms with Crippen LogP contribution in [-0.2, 0) is 10.0 Å². The monoisotopic (exact) mass is 349 g/mol. The Hall–Kier alpha value is -1.70. The van der Waals surface area contributed by atoms with E-state index in [2.05, 4.69) is 9.88 Å². The topological polar surface area (TPSA) is 73.7 Å². The molecular weight excluding hydrogens is 326 g/mol. The molecular formula is C17H23N3O3S. The van der Waals surface area contributed by atoms with Crippen molar-refractivity contribution in [2.24, 2.45) is 5.92 Å². The number of sulfonamides is 1. The Morgan fingerprint density at radius 3 is 2.71 bits per heavy atom. The Kier molecular flexibility index (Phi) is 4.50. The van der Waals surface area contributed by atoms with E-state index in [4.69, 9.17) is 0 Å². The predicted molar refractivity (Wildman–Crippen MR) is 95.7 cm³/mol. The summed E-state index contributed by atoms with van der Waals surface area (Å²) in [7, 11) is -0.293. The molecule has 0 saturated carbocycles. The highest BCUT2D eigenvalue weighted by Gasteiger charge is 2.36. The Morgan fingerprint density at radius 1 is 1.29 bits per heavy atom. The number of hydrogen-bond acceptors (Lipinski definition) is 5. The van der Waals surface area contributed by atoms with Crippen LogP contribution in [0.5, 0.6) is 0 Å². The highest BCUT2D eigenvalue weighted by Crippen LogP contribution is 2.31. The highest BCUT2D eigenvalue weighted by molar-refractivity contribution is 7.89. The smallest absolute Gasteiger partial charge is 0.214 e. The third-order valence-electron chi connectivity index (χ3n) is 4.55. The van der Waals surface area contributed by atoms with E-state index in [9.17, 15) is 13.5 Å². The lowest BCUT2D eigenvalue weighted by molar-refractivity contribution is 0.157. The average molecular weight is 349 g/mol. The number of nitrogens with zero attached hydrogens (tertiary/aromatic N) is 3. The third kappa shape index (κ3) is 3.24. The molecule has 6 nitrogen and oxygen atoms in total. The van der Waals surface area contributed by atoms with Crippen LogP contribution in [0.25, 0.3) is 10.9 Å². The average Bonchev–Trinajstić information content (AvgIpc) is 2.86. The summed E-state index contributed by atoms with van der Waals surface area (Å²) < 4.78 is 25.5. The number of aryl methyl sites for hydroxylation is 1. The third-order valence-corrected chi connectivity index (χ3v) is 6.51. The van der Waals surface area contributed by atoms with Gasteiger partial charge in [-0.15, -0.1) is 0 Å². The lowest BCUT2D eigenvalue weighted by atomic mass is 10.1. The van der Waals surface area contributed by atoms with Gasteiger partial charge in [0, 0.05) is 49.9 Å². The molecule has 1 aliphatic heterocycles. The normalized spacial score (nSPS) is 21.8. The molecule has 2 heterocycles. The zero-order valence-corrected chi connectivity index (χ0v) is 15.0.